The number of hydrogen-bond acceptors (Lipinski definition) is 4. The number of anilines is 1. The van der Waals surface area contributed by atoms with Crippen LogP contribution in [0.4, 0.5) is 5.13 Å². The van der Waals surface area contributed by atoms with E-state index in [-0.39, 0.29) is 24.5 Å². The standard InChI is InChI=1S/C22H21ClN2O2S/c1-13-4-5-14(2)18(12-13)19(26)10-11-20(27)24-22-25-21(15(3)28-22)16-6-8-17(23)9-7-16/h4-9,12H,10-11H2,1-3H3,(H,24,25,27). The van der Waals surface area contributed by atoms with E-state index in [9.17, 15) is 9.59 Å². The summed E-state index contributed by atoms with van der Waals surface area (Å²) < 4.78 is 0. The Bertz CT molecular complexity index is 1030. The molecule has 144 valence electrons. The maximum atomic E-state index is 12.4. The van der Waals surface area contributed by atoms with Crippen molar-refractivity contribution in [2.45, 2.75) is 33.6 Å². The molecule has 0 aliphatic heterocycles. The molecule has 0 fully saturated rings. The Balaban J connectivity index is 1.62. The van der Waals surface area contributed by atoms with Crippen LogP contribution in [0.5, 0.6) is 0 Å². The maximum absolute atomic E-state index is 12.4. The van der Waals surface area contributed by atoms with Crippen molar-refractivity contribution in [3.8, 4) is 11.3 Å². The fourth-order valence-corrected chi connectivity index (χ4v) is 3.88. The van der Waals surface area contributed by atoms with E-state index in [1.165, 1.54) is 11.3 Å². The minimum absolute atomic E-state index is 0.0199. The number of nitrogens with zero attached hydrogens (tertiary/aromatic N) is 1. The molecule has 0 bridgehead atoms. The minimum atomic E-state index is -0.213. The van der Waals surface area contributed by atoms with Crippen molar-refractivity contribution in [3.05, 3.63) is 69.1 Å². The molecule has 0 radical (unpaired) electrons. The summed E-state index contributed by atoms with van der Waals surface area (Å²) in [7, 11) is 0. The van der Waals surface area contributed by atoms with Gasteiger partial charge in [-0.05, 0) is 44.5 Å². The lowest BCUT2D eigenvalue weighted by Crippen LogP contribution is -2.13. The molecule has 0 spiro atoms. The van der Waals surface area contributed by atoms with E-state index in [2.05, 4.69) is 10.3 Å². The zero-order valence-electron chi connectivity index (χ0n) is 16.0. The highest BCUT2D eigenvalue weighted by Gasteiger charge is 2.15. The first-order valence-corrected chi connectivity index (χ1v) is 10.2. The van der Waals surface area contributed by atoms with Crippen molar-refractivity contribution < 1.29 is 9.59 Å². The van der Waals surface area contributed by atoms with Crippen molar-refractivity contribution in [2.24, 2.45) is 0 Å². The second-order valence-corrected chi connectivity index (χ2v) is 8.36. The smallest absolute Gasteiger partial charge is 0.226 e. The van der Waals surface area contributed by atoms with Crippen molar-refractivity contribution in [1.29, 1.82) is 0 Å². The number of halogens is 1. The number of carbonyl (C=O) groups is 2. The molecule has 3 aromatic rings. The van der Waals surface area contributed by atoms with E-state index in [0.29, 0.717) is 15.7 Å². The van der Waals surface area contributed by atoms with Crippen LogP contribution in [0.25, 0.3) is 11.3 Å². The van der Waals surface area contributed by atoms with Gasteiger partial charge in [-0.2, -0.15) is 0 Å². The second-order valence-electron chi connectivity index (χ2n) is 6.72. The van der Waals surface area contributed by atoms with E-state index in [1.54, 1.807) is 0 Å². The summed E-state index contributed by atoms with van der Waals surface area (Å²) in [6.45, 7) is 5.82. The Morgan fingerprint density at radius 2 is 1.75 bits per heavy atom. The summed E-state index contributed by atoms with van der Waals surface area (Å²) in [5.41, 5.74) is 4.42. The molecule has 0 unspecified atom stereocenters. The van der Waals surface area contributed by atoms with Crippen molar-refractivity contribution in [3.63, 3.8) is 0 Å². The number of benzene rings is 2. The van der Waals surface area contributed by atoms with Crippen LogP contribution < -0.4 is 5.32 Å². The van der Waals surface area contributed by atoms with Gasteiger partial charge in [-0.1, -0.05) is 41.4 Å². The highest BCUT2D eigenvalue weighted by atomic mass is 35.5. The lowest BCUT2D eigenvalue weighted by atomic mass is 9.99. The molecule has 1 heterocycles. The van der Waals surface area contributed by atoms with Crippen LogP contribution in [0.1, 0.15) is 39.2 Å². The zero-order chi connectivity index (χ0) is 20.3. The highest BCUT2D eigenvalue weighted by Crippen LogP contribution is 2.31. The summed E-state index contributed by atoms with van der Waals surface area (Å²) in [4.78, 5) is 30.3. The quantitative estimate of drug-likeness (QED) is 0.506. The molecule has 3 rings (SSSR count). The predicted molar refractivity (Wildman–Crippen MR) is 115 cm³/mol. The van der Waals surface area contributed by atoms with E-state index < -0.39 is 0 Å². The second kappa shape index (κ2) is 8.67. The molecule has 4 nitrogen and oxygen atoms in total. The molecule has 1 aromatic heterocycles. The molecule has 1 amide bonds. The Labute approximate surface area is 173 Å². The molecule has 6 heteroatoms. The SMILES string of the molecule is Cc1ccc(C)c(C(=O)CCC(=O)Nc2nc(-c3ccc(Cl)cc3)c(C)s2)c1. The largest absolute Gasteiger partial charge is 0.302 e. The summed E-state index contributed by atoms with van der Waals surface area (Å²) in [6.07, 6.45) is 0.297. The van der Waals surface area contributed by atoms with Gasteiger partial charge in [-0.15, -0.1) is 11.3 Å². The van der Waals surface area contributed by atoms with Crippen LogP contribution in [0, 0.1) is 20.8 Å². The minimum Gasteiger partial charge on any atom is -0.302 e. The third-order valence-electron chi connectivity index (χ3n) is 4.43. The molecule has 2 aromatic carbocycles. The fraction of sp³-hybridized carbons (Fsp3) is 0.227. The molecular formula is C22H21ClN2O2S. The van der Waals surface area contributed by atoms with Crippen LogP contribution >= 0.6 is 22.9 Å². The average Bonchev–Trinajstić information content (AvgIpc) is 3.02. The zero-order valence-corrected chi connectivity index (χ0v) is 17.6. The van der Waals surface area contributed by atoms with Crippen LogP contribution in [0.2, 0.25) is 5.02 Å². The van der Waals surface area contributed by atoms with E-state index in [0.717, 1.165) is 27.3 Å². The van der Waals surface area contributed by atoms with Gasteiger partial charge >= 0.3 is 0 Å². The number of carbonyl (C=O) groups excluding carboxylic acids is 2. The number of aromatic nitrogens is 1. The van der Waals surface area contributed by atoms with Crippen molar-refractivity contribution in [2.75, 3.05) is 5.32 Å². The molecule has 0 saturated heterocycles. The van der Waals surface area contributed by atoms with Gasteiger partial charge in [0, 0.05) is 33.9 Å². The lowest BCUT2D eigenvalue weighted by Gasteiger charge is -2.06. The molecule has 1 N–H and O–H groups in total. The van der Waals surface area contributed by atoms with Crippen LogP contribution in [-0.4, -0.2) is 16.7 Å². The maximum Gasteiger partial charge on any atom is 0.226 e. The molecule has 28 heavy (non-hydrogen) atoms. The topological polar surface area (TPSA) is 59.1 Å². The van der Waals surface area contributed by atoms with Gasteiger partial charge in [-0.25, -0.2) is 4.98 Å². The van der Waals surface area contributed by atoms with Crippen molar-refractivity contribution >= 4 is 39.8 Å². The monoisotopic (exact) mass is 412 g/mol. The summed E-state index contributed by atoms with van der Waals surface area (Å²) in [5.74, 6) is -0.233. The normalized spacial score (nSPS) is 10.7. The van der Waals surface area contributed by atoms with Crippen molar-refractivity contribution in [1.82, 2.24) is 4.98 Å². The number of ketones is 1. The van der Waals surface area contributed by atoms with Crippen LogP contribution in [-0.2, 0) is 4.79 Å². The Hall–Kier alpha value is -2.50. The number of thiazole rings is 1. The van der Waals surface area contributed by atoms with Crippen LogP contribution in [0.15, 0.2) is 42.5 Å². The number of hydrogen-bond donors (Lipinski definition) is 1. The summed E-state index contributed by atoms with van der Waals surface area (Å²) in [5, 5.41) is 4.01. The van der Waals surface area contributed by atoms with E-state index in [1.807, 2.05) is 63.2 Å². The first-order valence-electron chi connectivity index (χ1n) is 8.97. The van der Waals surface area contributed by atoms with Gasteiger partial charge in [-0.3, -0.25) is 9.59 Å². The molecule has 0 saturated carbocycles. The van der Waals surface area contributed by atoms with Gasteiger partial charge in [0.05, 0.1) is 5.69 Å². The Kier molecular flexibility index (Phi) is 6.27. The number of amides is 1. The fourth-order valence-electron chi connectivity index (χ4n) is 2.91. The number of aryl methyl sites for hydroxylation is 3. The number of Topliss-reactive ketones (excluding diaryl/α,β-unsaturated/α-hetero) is 1. The third-order valence-corrected chi connectivity index (χ3v) is 5.57. The van der Waals surface area contributed by atoms with E-state index in [4.69, 9.17) is 11.6 Å². The first kappa shape index (κ1) is 20.2. The van der Waals surface area contributed by atoms with Gasteiger partial charge in [0.1, 0.15) is 0 Å². The number of nitrogens with one attached hydrogen (secondary N) is 1. The van der Waals surface area contributed by atoms with E-state index >= 15 is 0 Å². The molecule has 0 atom stereocenters. The van der Waals surface area contributed by atoms with Crippen LogP contribution in [0.3, 0.4) is 0 Å². The molecule has 0 aliphatic carbocycles. The Morgan fingerprint density at radius 1 is 1.04 bits per heavy atom. The van der Waals surface area contributed by atoms with Gasteiger partial charge in [0.25, 0.3) is 0 Å². The summed E-state index contributed by atoms with van der Waals surface area (Å²) in [6, 6.07) is 13.2. The lowest BCUT2D eigenvalue weighted by molar-refractivity contribution is -0.116. The molecular weight excluding hydrogens is 392 g/mol. The Morgan fingerprint density at radius 3 is 2.46 bits per heavy atom. The van der Waals surface area contributed by atoms with Gasteiger partial charge < -0.3 is 5.32 Å². The first-order chi connectivity index (χ1) is 13.3. The number of rotatable bonds is 6. The van der Waals surface area contributed by atoms with Gasteiger partial charge in [0.2, 0.25) is 5.91 Å². The average molecular weight is 413 g/mol. The molecule has 0 aliphatic rings. The highest BCUT2D eigenvalue weighted by molar-refractivity contribution is 7.16. The summed E-state index contributed by atoms with van der Waals surface area (Å²) >= 11 is 7.35. The van der Waals surface area contributed by atoms with Gasteiger partial charge in [0.15, 0.2) is 10.9 Å². The third kappa shape index (κ3) is 4.86. The predicted octanol–water partition coefficient (Wildman–Crippen LogP) is 5.99.